The average Bonchev–Trinajstić information content (AvgIpc) is 2.77. The van der Waals surface area contributed by atoms with Crippen molar-refractivity contribution in [2.75, 3.05) is 13.7 Å². The number of nitrogens with two attached hydrogens (primary N) is 1. The van der Waals surface area contributed by atoms with Crippen LogP contribution in [0.4, 0.5) is 5.69 Å². The van der Waals surface area contributed by atoms with Gasteiger partial charge in [0, 0.05) is 0 Å². The highest BCUT2D eigenvalue weighted by molar-refractivity contribution is 6.01. The molecule has 116 valence electrons. The molecule has 0 spiro atoms. The summed E-state index contributed by atoms with van der Waals surface area (Å²) in [5, 5.41) is 14.8. The maximum atomic E-state index is 11.5. The number of primary amides is 1. The first-order valence-corrected chi connectivity index (χ1v) is 6.04. The Hall–Kier alpha value is -2.49. The molecule has 0 atom stereocenters. The lowest BCUT2D eigenvalue weighted by Crippen LogP contribution is -2.21. The molecule has 1 rings (SSSR count). The van der Waals surface area contributed by atoms with Crippen molar-refractivity contribution in [1.29, 1.82) is 0 Å². The highest BCUT2D eigenvalue weighted by Gasteiger charge is 2.35. The van der Waals surface area contributed by atoms with Gasteiger partial charge >= 0.3 is 11.7 Å². The third-order valence-electron chi connectivity index (χ3n) is 2.48. The maximum Gasteiger partial charge on any atom is 0.365 e. The number of hydrogen-bond acceptors (Lipinski definition) is 7. The normalized spacial score (nSPS) is 10.7. The lowest BCUT2D eigenvalue weighted by Gasteiger charge is -2.08. The summed E-state index contributed by atoms with van der Waals surface area (Å²) in [7, 11) is 1.05. The molecule has 2 N–H and O–H groups in total. The first-order valence-electron chi connectivity index (χ1n) is 6.04. The molecule has 0 aliphatic carbocycles. The molecule has 10 heteroatoms. The Labute approximate surface area is 120 Å². The molecule has 0 aliphatic heterocycles. The molecule has 1 aromatic heterocycles. The number of nitrogens with zero attached hydrogens (tertiary/aromatic N) is 3. The predicted octanol–water partition coefficient (Wildman–Crippen LogP) is 0.102. The van der Waals surface area contributed by atoms with Crippen LogP contribution < -0.4 is 5.73 Å². The van der Waals surface area contributed by atoms with Gasteiger partial charge in [-0.15, -0.1) is 0 Å². The molecule has 0 radical (unpaired) electrons. The van der Waals surface area contributed by atoms with Crippen molar-refractivity contribution >= 4 is 17.6 Å². The largest absolute Gasteiger partial charge is 0.464 e. The van der Waals surface area contributed by atoms with Crippen molar-refractivity contribution in [3.63, 3.8) is 0 Å². The van der Waals surface area contributed by atoms with Crippen molar-refractivity contribution in [3.8, 4) is 0 Å². The van der Waals surface area contributed by atoms with Crippen molar-refractivity contribution in [2.24, 2.45) is 5.73 Å². The zero-order chi connectivity index (χ0) is 16.2. The molecule has 0 aromatic carbocycles. The van der Waals surface area contributed by atoms with Gasteiger partial charge in [-0.25, -0.2) is 4.79 Å². The second-order valence-corrected chi connectivity index (χ2v) is 4.30. The summed E-state index contributed by atoms with van der Waals surface area (Å²) in [6.07, 6.45) is -0.0624. The monoisotopic (exact) mass is 300 g/mol. The summed E-state index contributed by atoms with van der Waals surface area (Å²) >= 11 is 0. The quantitative estimate of drug-likeness (QED) is 0.428. The topological polar surface area (TPSA) is 140 Å². The van der Waals surface area contributed by atoms with E-state index in [1.54, 1.807) is 13.8 Å². The van der Waals surface area contributed by atoms with Gasteiger partial charge in [0.15, 0.2) is 0 Å². The molecule has 10 nitrogen and oxygen atoms in total. The Balaban J connectivity index is 3.26. The number of rotatable bonds is 7. The van der Waals surface area contributed by atoms with E-state index in [1.807, 2.05) is 0 Å². The van der Waals surface area contributed by atoms with Crippen LogP contribution in [0.2, 0.25) is 0 Å². The Kier molecular flexibility index (Phi) is 5.36. The number of carbonyl (C=O) groups excluding carboxylic acids is 2. The molecule has 0 aliphatic rings. The van der Waals surface area contributed by atoms with Gasteiger partial charge in [0.25, 0.3) is 5.91 Å². The number of methoxy groups -OCH3 is 1. The number of amides is 1. The minimum Gasteiger partial charge on any atom is -0.464 e. The van der Waals surface area contributed by atoms with Gasteiger partial charge in [-0.3, -0.25) is 19.6 Å². The molecular formula is C11H16N4O6. The van der Waals surface area contributed by atoms with Gasteiger partial charge in [0.2, 0.25) is 11.4 Å². The van der Waals surface area contributed by atoms with E-state index < -0.39 is 33.9 Å². The van der Waals surface area contributed by atoms with E-state index in [2.05, 4.69) is 9.84 Å². The summed E-state index contributed by atoms with van der Waals surface area (Å²) in [5.41, 5.74) is 3.34. The molecule has 0 saturated heterocycles. The van der Waals surface area contributed by atoms with Gasteiger partial charge in [0.1, 0.15) is 0 Å². The van der Waals surface area contributed by atoms with E-state index in [1.165, 1.54) is 0 Å². The van der Waals surface area contributed by atoms with Crippen molar-refractivity contribution in [2.45, 2.75) is 26.5 Å². The number of esters is 1. The predicted molar refractivity (Wildman–Crippen MR) is 69.8 cm³/mol. The molecule has 0 bridgehead atoms. The third-order valence-corrected chi connectivity index (χ3v) is 2.48. The molecular weight excluding hydrogens is 284 g/mol. The van der Waals surface area contributed by atoms with Crippen LogP contribution in [-0.2, 0) is 16.0 Å². The van der Waals surface area contributed by atoms with Crippen LogP contribution in [0.5, 0.6) is 0 Å². The number of ether oxygens (including phenoxy) is 2. The van der Waals surface area contributed by atoms with E-state index in [0.717, 1.165) is 11.8 Å². The number of carbonyl (C=O) groups is 2. The fourth-order valence-corrected chi connectivity index (χ4v) is 1.64. The van der Waals surface area contributed by atoms with Crippen LogP contribution in [0.3, 0.4) is 0 Å². The number of hydrogen-bond donors (Lipinski definition) is 1. The van der Waals surface area contributed by atoms with E-state index >= 15 is 0 Å². The number of aromatic nitrogens is 2. The van der Waals surface area contributed by atoms with E-state index in [0.29, 0.717) is 0 Å². The Bertz CT molecular complexity index is 565. The standard InChI is InChI=1S/C11H16N4O6/c1-6(2)21-5-4-14-9(10(12)16)8(15(18)19)7(13-14)11(17)20-3/h6H,4-5H2,1-3H3,(H2,12,16). The van der Waals surface area contributed by atoms with Crippen LogP contribution in [0.25, 0.3) is 0 Å². The highest BCUT2D eigenvalue weighted by Crippen LogP contribution is 2.24. The summed E-state index contributed by atoms with van der Waals surface area (Å²) < 4.78 is 10.7. The van der Waals surface area contributed by atoms with E-state index in [4.69, 9.17) is 10.5 Å². The van der Waals surface area contributed by atoms with E-state index in [-0.39, 0.29) is 19.3 Å². The highest BCUT2D eigenvalue weighted by atomic mass is 16.6. The van der Waals surface area contributed by atoms with Crippen molar-refractivity contribution < 1.29 is 24.0 Å². The van der Waals surface area contributed by atoms with Crippen molar-refractivity contribution in [3.05, 3.63) is 21.5 Å². The van der Waals surface area contributed by atoms with E-state index in [9.17, 15) is 19.7 Å². The first kappa shape index (κ1) is 16.6. The fraction of sp³-hybridized carbons (Fsp3) is 0.545. The van der Waals surface area contributed by atoms with Crippen LogP contribution >= 0.6 is 0 Å². The first-order chi connectivity index (χ1) is 9.79. The Morgan fingerprint density at radius 1 is 1.48 bits per heavy atom. The van der Waals surface area contributed by atoms with Crippen LogP contribution in [0, 0.1) is 10.1 Å². The molecule has 0 fully saturated rings. The van der Waals surface area contributed by atoms with Gasteiger partial charge in [-0.05, 0) is 13.8 Å². The smallest absolute Gasteiger partial charge is 0.365 e. The molecule has 0 unspecified atom stereocenters. The number of nitro groups is 1. The average molecular weight is 300 g/mol. The van der Waals surface area contributed by atoms with Crippen LogP contribution in [0.15, 0.2) is 0 Å². The summed E-state index contributed by atoms with van der Waals surface area (Å²) in [6, 6.07) is 0. The van der Waals surface area contributed by atoms with Gasteiger partial charge < -0.3 is 15.2 Å². The molecule has 1 heterocycles. The van der Waals surface area contributed by atoms with Gasteiger partial charge in [0.05, 0.1) is 31.3 Å². The SMILES string of the molecule is COC(=O)c1nn(CCOC(C)C)c(C(N)=O)c1[N+](=O)[O-]. The molecule has 1 amide bonds. The molecule has 0 saturated carbocycles. The maximum absolute atomic E-state index is 11.5. The molecule has 21 heavy (non-hydrogen) atoms. The summed E-state index contributed by atoms with van der Waals surface area (Å²) in [5.74, 6) is -2.08. The minimum atomic E-state index is -1.06. The Morgan fingerprint density at radius 3 is 2.52 bits per heavy atom. The second kappa shape index (κ2) is 6.79. The second-order valence-electron chi connectivity index (χ2n) is 4.30. The van der Waals surface area contributed by atoms with Crippen LogP contribution in [0.1, 0.15) is 34.8 Å². The lowest BCUT2D eigenvalue weighted by atomic mass is 10.2. The minimum absolute atomic E-state index is 0.0360. The third kappa shape index (κ3) is 3.75. The molecule has 1 aromatic rings. The lowest BCUT2D eigenvalue weighted by molar-refractivity contribution is -0.385. The van der Waals surface area contributed by atoms with Crippen molar-refractivity contribution in [1.82, 2.24) is 9.78 Å². The summed E-state index contributed by atoms with van der Waals surface area (Å²) in [4.78, 5) is 33.1. The summed E-state index contributed by atoms with van der Waals surface area (Å²) in [6.45, 7) is 3.80. The van der Waals surface area contributed by atoms with Crippen LogP contribution in [-0.4, -0.2) is 46.4 Å². The zero-order valence-corrected chi connectivity index (χ0v) is 11.9. The van der Waals surface area contributed by atoms with Gasteiger partial charge in [-0.1, -0.05) is 0 Å². The zero-order valence-electron chi connectivity index (χ0n) is 11.9. The van der Waals surface area contributed by atoms with Gasteiger partial charge in [-0.2, -0.15) is 5.10 Å². The Morgan fingerprint density at radius 2 is 2.10 bits per heavy atom. The fourth-order valence-electron chi connectivity index (χ4n) is 1.64.